The maximum absolute atomic E-state index is 10.9. The van der Waals surface area contributed by atoms with Gasteiger partial charge in [0.05, 0.1) is 9.79 Å². The van der Waals surface area contributed by atoms with E-state index in [-0.39, 0.29) is 54.2 Å². The maximum Gasteiger partial charge on any atom is 1.00 e. The smallest absolute Gasteiger partial charge is 0.744 e. The van der Waals surface area contributed by atoms with E-state index in [1.54, 1.807) is 0 Å². The van der Waals surface area contributed by atoms with Crippen molar-refractivity contribution in [3.63, 3.8) is 0 Å². The normalized spacial score (nSPS) is 11.5. The van der Waals surface area contributed by atoms with Gasteiger partial charge in [-0.05, 0) is 29.7 Å². The Labute approximate surface area is 150 Å². The number of hydrogen-bond acceptors (Lipinski definition) is 8. The van der Waals surface area contributed by atoms with Crippen molar-refractivity contribution in [1.29, 1.82) is 0 Å². The summed E-state index contributed by atoms with van der Waals surface area (Å²) in [5.41, 5.74) is 5.29. The topological polar surface area (TPSA) is 161 Å². The molecule has 0 fully saturated rings. The first kappa shape index (κ1) is 21.3. The molecule has 0 heterocycles. The summed E-state index contributed by atoms with van der Waals surface area (Å²) in [6, 6.07) is 3.22. The summed E-state index contributed by atoms with van der Waals surface area (Å²) in [7, 11) is -9.67. The standard InChI is InChI=1S/C10H9NO7S2.2Li/c11-8-3-6(19(13,14)15)1-5-2-7(20(16,17)18)4-9(12)10(5)8;;/h1-4,12H,11H2,(H,13,14,15)(H,16,17,18);;/q;2*+1/p-2. The zero-order valence-electron chi connectivity index (χ0n) is 11.6. The second-order valence-electron chi connectivity index (χ2n) is 3.96. The Morgan fingerprint density at radius 1 is 0.864 bits per heavy atom. The number of rotatable bonds is 2. The fourth-order valence-corrected chi connectivity index (χ4v) is 2.83. The third-order valence-electron chi connectivity index (χ3n) is 2.58. The van der Waals surface area contributed by atoms with Gasteiger partial charge >= 0.3 is 37.7 Å². The number of nitrogens with two attached hydrogens (primary N) is 1. The number of benzene rings is 2. The van der Waals surface area contributed by atoms with Crippen LogP contribution in [0.1, 0.15) is 0 Å². The van der Waals surface area contributed by atoms with E-state index in [0.29, 0.717) is 6.07 Å². The SMILES string of the molecule is Nc1cc(S(=O)(=O)[O-])cc2cc(S(=O)(=O)[O-])cc(O)c12.[Li+].[Li+]. The third kappa shape index (κ3) is 4.19. The van der Waals surface area contributed by atoms with E-state index < -0.39 is 35.8 Å². The fourth-order valence-electron chi connectivity index (χ4n) is 1.76. The number of fused-ring (bicyclic) bond motifs is 1. The molecule has 0 spiro atoms. The van der Waals surface area contributed by atoms with Crippen LogP contribution in [-0.2, 0) is 20.2 Å². The van der Waals surface area contributed by atoms with Gasteiger partial charge in [0.25, 0.3) is 0 Å². The first-order valence-corrected chi connectivity index (χ1v) is 7.80. The molecular weight excluding hydrogens is 324 g/mol. The van der Waals surface area contributed by atoms with Crippen LogP contribution in [0.15, 0.2) is 34.1 Å². The Morgan fingerprint density at radius 2 is 1.27 bits per heavy atom. The molecule has 3 N–H and O–H groups in total. The van der Waals surface area contributed by atoms with Crippen molar-refractivity contribution in [2.45, 2.75) is 9.79 Å². The number of anilines is 1. The van der Waals surface area contributed by atoms with Crippen LogP contribution in [0.4, 0.5) is 5.69 Å². The van der Waals surface area contributed by atoms with Crippen LogP contribution >= 0.6 is 0 Å². The molecule has 0 unspecified atom stereocenters. The zero-order valence-corrected chi connectivity index (χ0v) is 13.2. The Hall–Kier alpha value is -0.685. The molecule has 2 rings (SSSR count). The molecule has 8 nitrogen and oxygen atoms in total. The molecule has 0 radical (unpaired) electrons. The van der Waals surface area contributed by atoms with Crippen LogP contribution in [0.25, 0.3) is 10.8 Å². The first-order valence-electron chi connectivity index (χ1n) is 4.98. The monoisotopic (exact) mass is 331 g/mol. The average Bonchev–Trinajstić information content (AvgIpc) is 2.25. The minimum atomic E-state index is -4.86. The predicted octanol–water partition coefficient (Wildman–Crippen LogP) is -6.06. The molecule has 0 bridgehead atoms. The van der Waals surface area contributed by atoms with Gasteiger partial charge in [-0.2, -0.15) is 0 Å². The van der Waals surface area contributed by atoms with E-state index in [1.165, 1.54) is 0 Å². The molecule has 0 saturated carbocycles. The summed E-state index contributed by atoms with van der Waals surface area (Å²) in [5.74, 6) is -0.607. The minimum absolute atomic E-state index is 0. The maximum atomic E-state index is 10.9. The number of hydrogen-bond donors (Lipinski definition) is 2. The molecule has 0 saturated heterocycles. The summed E-state index contributed by atoms with van der Waals surface area (Å²) in [6.07, 6.45) is 0. The van der Waals surface area contributed by atoms with E-state index in [9.17, 15) is 31.0 Å². The molecule has 0 atom stereocenters. The van der Waals surface area contributed by atoms with Gasteiger partial charge in [-0.25, -0.2) is 16.8 Å². The number of aromatic hydroxyl groups is 1. The van der Waals surface area contributed by atoms with Crippen molar-refractivity contribution in [1.82, 2.24) is 0 Å². The number of phenolic OH excluding ortho intramolecular Hbond substituents is 1. The van der Waals surface area contributed by atoms with E-state index >= 15 is 0 Å². The van der Waals surface area contributed by atoms with E-state index in [0.717, 1.165) is 18.2 Å². The predicted molar refractivity (Wildman–Crippen MR) is 66.0 cm³/mol. The van der Waals surface area contributed by atoms with Crippen LogP contribution in [0, 0.1) is 0 Å². The molecule has 0 amide bonds. The van der Waals surface area contributed by atoms with Gasteiger partial charge < -0.3 is 19.9 Å². The average molecular weight is 331 g/mol. The van der Waals surface area contributed by atoms with Gasteiger partial charge in [-0.15, -0.1) is 0 Å². The van der Waals surface area contributed by atoms with Gasteiger partial charge in [-0.1, -0.05) is 0 Å². The second kappa shape index (κ2) is 6.83. The molecule has 12 heteroatoms. The zero-order chi connectivity index (χ0) is 15.3. The fraction of sp³-hybridized carbons (Fsp3) is 0. The summed E-state index contributed by atoms with van der Waals surface area (Å²) < 4.78 is 65.6. The van der Waals surface area contributed by atoms with E-state index in [4.69, 9.17) is 5.73 Å². The molecule has 2 aromatic rings. The Bertz CT molecular complexity index is 853. The third-order valence-corrected chi connectivity index (χ3v) is 4.21. The summed E-state index contributed by atoms with van der Waals surface area (Å²) >= 11 is 0. The van der Waals surface area contributed by atoms with Crippen molar-refractivity contribution >= 4 is 36.7 Å². The summed E-state index contributed by atoms with van der Waals surface area (Å²) in [6.45, 7) is 0. The minimum Gasteiger partial charge on any atom is -0.744 e. The van der Waals surface area contributed by atoms with Gasteiger partial charge in [0.1, 0.15) is 26.0 Å². The summed E-state index contributed by atoms with van der Waals surface area (Å²) in [5, 5.41) is 9.48. The van der Waals surface area contributed by atoms with Crippen LogP contribution in [-0.4, -0.2) is 31.0 Å². The Kier molecular flexibility index (Phi) is 6.62. The summed E-state index contributed by atoms with van der Waals surface area (Å²) in [4.78, 5) is -1.45. The molecule has 0 aliphatic rings. The Balaban J connectivity index is 0.00000220. The van der Waals surface area contributed by atoms with E-state index in [2.05, 4.69) is 0 Å². The largest absolute Gasteiger partial charge is 1.00 e. The molecule has 22 heavy (non-hydrogen) atoms. The first-order chi connectivity index (χ1) is 9.00. The van der Waals surface area contributed by atoms with Crippen molar-refractivity contribution in [2.24, 2.45) is 0 Å². The molecule has 2 aromatic carbocycles. The van der Waals surface area contributed by atoms with Gasteiger partial charge in [0, 0.05) is 11.1 Å². The van der Waals surface area contributed by atoms with Gasteiger partial charge in [0.15, 0.2) is 0 Å². The Morgan fingerprint density at radius 3 is 1.68 bits per heavy atom. The molecular formula is C10H7Li2NO7S2. The second-order valence-corrected chi connectivity index (χ2v) is 6.72. The van der Waals surface area contributed by atoms with Crippen molar-refractivity contribution in [3.05, 3.63) is 24.3 Å². The van der Waals surface area contributed by atoms with Crippen LogP contribution in [0.2, 0.25) is 0 Å². The quantitative estimate of drug-likeness (QED) is 0.312. The van der Waals surface area contributed by atoms with Crippen LogP contribution in [0.3, 0.4) is 0 Å². The van der Waals surface area contributed by atoms with Crippen molar-refractivity contribution < 1.29 is 68.8 Å². The van der Waals surface area contributed by atoms with Crippen molar-refractivity contribution in [2.75, 3.05) is 5.73 Å². The molecule has 108 valence electrons. The van der Waals surface area contributed by atoms with Gasteiger partial charge in [-0.3, -0.25) is 0 Å². The number of nitrogen functional groups attached to an aromatic ring is 1. The van der Waals surface area contributed by atoms with Gasteiger partial charge in [0.2, 0.25) is 0 Å². The van der Waals surface area contributed by atoms with Crippen molar-refractivity contribution in [3.8, 4) is 5.75 Å². The van der Waals surface area contributed by atoms with Crippen LogP contribution < -0.4 is 43.5 Å². The van der Waals surface area contributed by atoms with Crippen LogP contribution in [0.5, 0.6) is 5.75 Å². The molecule has 0 aromatic heterocycles. The van der Waals surface area contributed by atoms with E-state index in [1.807, 2.05) is 0 Å². The molecule has 0 aliphatic carbocycles. The molecule has 0 aliphatic heterocycles. The number of phenols is 1.